The van der Waals surface area contributed by atoms with Gasteiger partial charge < -0.3 is 9.47 Å². The summed E-state index contributed by atoms with van der Waals surface area (Å²) in [5.74, 6) is 0.838. The van der Waals surface area contributed by atoms with Gasteiger partial charge in [0.15, 0.2) is 6.61 Å². The highest BCUT2D eigenvalue weighted by Crippen LogP contribution is 2.32. The Labute approximate surface area is 151 Å². The van der Waals surface area contributed by atoms with Gasteiger partial charge in [0.1, 0.15) is 16.9 Å². The first kappa shape index (κ1) is 17.8. The van der Waals surface area contributed by atoms with Gasteiger partial charge in [0, 0.05) is 6.61 Å². The minimum absolute atomic E-state index is 0.0142. The Kier molecular flexibility index (Phi) is 5.65. The maximum atomic E-state index is 12.2. The molecule has 1 aliphatic rings. The summed E-state index contributed by atoms with van der Waals surface area (Å²) in [6.07, 6.45) is 2.01. The van der Waals surface area contributed by atoms with Crippen molar-refractivity contribution in [3.8, 4) is 5.75 Å². The van der Waals surface area contributed by atoms with Gasteiger partial charge in [-0.15, -0.1) is 10.2 Å². The van der Waals surface area contributed by atoms with Crippen LogP contribution in [-0.4, -0.2) is 29.3 Å². The average molecular weight is 361 g/mol. The zero-order chi connectivity index (χ0) is 17.8. The van der Waals surface area contributed by atoms with Crippen LogP contribution in [0.4, 0.5) is 5.13 Å². The molecule has 1 amide bonds. The molecule has 1 N–H and O–H groups in total. The average Bonchev–Trinajstić information content (AvgIpc) is 3.23. The van der Waals surface area contributed by atoms with Crippen molar-refractivity contribution in [1.29, 1.82) is 0 Å². The molecule has 2 aromatic rings. The SMILES string of the molecule is Cc1ccc(C(C)C)c(OCC(=O)Nc2nnc([C@H]3CCCO3)s2)c1. The number of aromatic nitrogens is 2. The van der Waals surface area contributed by atoms with Gasteiger partial charge in [-0.3, -0.25) is 10.1 Å². The maximum absolute atomic E-state index is 12.2. The molecule has 0 unspecified atom stereocenters. The lowest BCUT2D eigenvalue weighted by molar-refractivity contribution is -0.118. The molecule has 0 spiro atoms. The van der Waals surface area contributed by atoms with Gasteiger partial charge in [-0.25, -0.2) is 0 Å². The highest BCUT2D eigenvalue weighted by molar-refractivity contribution is 7.15. The summed E-state index contributed by atoms with van der Waals surface area (Å²) in [7, 11) is 0. The van der Waals surface area contributed by atoms with E-state index in [0.29, 0.717) is 11.0 Å². The second-order valence-corrected chi connectivity index (χ2v) is 7.49. The molecule has 1 fully saturated rings. The lowest BCUT2D eigenvalue weighted by atomic mass is 10.0. The van der Waals surface area contributed by atoms with E-state index in [9.17, 15) is 4.79 Å². The van der Waals surface area contributed by atoms with Gasteiger partial charge >= 0.3 is 0 Å². The predicted octanol–water partition coefficient (Wildman–Crippen LogP) is 3.84. The zero-order valence-electron chi connectivity index (χ0n) is 14.7. The van der Waals surface area contributed by atoms with Gasteiger partial charge in [-0.1, -0.05) is 37.3 Å². The van der Waals surface area contributed by atoms with Crippen LogP contribution in [0, 0.1) is 6.92 Å². The van der Waals surface area contributed by atoms with Gasteiger partial charge in [-0.2, -0.15) is 0 Å². The van der Waals surface area contributed by atoms with Crippen molar-refractivity contribution in [1.82, 2.24) is 10.2 Å². The molecule has 134 valence electrons. The van der Waals surface area contributed by atoms with E-state index in [1.807, 2.05) is 19.1 Å². The number of hydrogen-bond acceptors (Lipinski definition) is 6. The maximum Gasteiger partial charge on any atom is 0.264 e. The largest absolute Gasteiger partial charge is 0.483 e. The molecule has 1 aromatic carbocycles. The second kappa shape index (κ2) is 7.93. The van der Waals surface area contributed by atoms with E-state index in [1.165, 1.54) is 11.3 Å². The van der Waals surface area contributed by atoms with E-state index in [0.717, 1.165) is 41.3 Å². The molecule has 0 saturated carbocycles. The summed E-state index contributed by atoms with van der Waals surface area (Å²) < 4.78 is 11.3. The Morgan fingerprint density at radius 1 is 1.44 bits per heavy atom. The minimum Gasteiger partial charge on any atom is -0.483 e. The highest BCUT2D eigenvalue weighted by Gasteiger charge is 2.22. The predicted molar refractivity (Wildman–Crippen MR) is 97.2 cm³/mol. The number of carbonyl (C=O) groups excluding carboxylic acids is 1. The second-order valence-electron chi connectivity index (χ2n) is 6.48. The summed E-state index contributed by atoms with van der Waals surface area (Å²) in [4.78, 5) is 12.2. The molecule has 1 aliphatic heterocycles. The number of ether oxygens (including phenoxy) is 2. The number of benzene rings is 1. The molecular weight excluding hydrogens is 338 g/mol. The molecular formula is C18H23N3O3S. The Bertz CT molecular complexity index is 739. The van der Waals surface area contributed by atoms with Crippen LogP contribution in [0.15, 0.2) is 18.2 Å². The van der Waals surface area contributed by atoms with E-state index in [2.05, 4.69) is 35.4 Å². The molecule has 1 saturated heterocycles. The number of hydrogen-bond donors (Lipinski definition) is 1. The van der Waals surface area contributed by atoms with Crippen molar-refractivity contribution in [3.63, 3.8) is 0 Å². The molecule has 0 aliphatic carbocycles. The summed E-state index contributed by atoms with van der Waals surface area (Å²) >= 11 is 1.36. The molecule has 2 heterocycles. The quantitative estimate of drug-likeness (QED) is 0.846. The first-order chi connectivity index (χ1) is 12.0. The van der Waals surface area contributed by atoms with Crippen molar-refractivity contribution < 1.29 is 14.3 Å². The first-order valence-electron chi connectivity index (χ1n) is 8.51. The molecule has 6 nitrogen and oxygen atoms in total. The zero-order valence-corrected chi connectivity index (χ0v) is 15.6. The fourth-order valence-electron chi connectivity index (χ4n) is 2.73. The highest BCUT2D eigenvalue weighted by atomic mass is 32.1. The van der Waals surface area contributed by atoms with E-state index < -0.39 is 0 Å². The van der Waals surface area contributed by atoms with Crippen LogP contribution in [0.1, 0.15) is 54.8 Å². The fourth-order valence-corrected chi connectivity index (χ4v) is 3.57. The van der Waals surface area contributed by atoms with Crippen molar-refractivity contribution >= 4 is 22.4 Å². The Balaban J connectivity index is 1.57. The van der Waals surface area contributed by atoms with E-state index >= 15 is 0 Å². The van der Waals surface area contributed by atoms with Crippen LogP contribution in [0.2, 0.25) is 0 Å². The first-order valence-corrected chi connectivity index (χ1v) is 9.33. The standard InChI is InChI=1S/C18H23N3O3S/c1-11(2)13-7-6-12(3)9-15(13)24-10-16(22)19-18-21-20-17(25-18)14-5-4-8-23-14/h6-7,9,11,14H,4-5,8,10H2,1-3H3,(H,19,21,22)/t14-/m1/s1. The number of nitrogens with one attached hydrogen (secondary N) is 1. The topological polar surface area (TPSA) is 73.3 Å². The van der Waals surface area contributed by atoms with Crippen LogP contribution in [0.5, 0.6) is 5.75 Å². The normalized spacial score (nSPS) is 17.0. The Morgan fingerprint density at radius 3 is 3.00 bits per heavy atom. The third kappa shape index (κ3) is 4.55. The summed E-state index contributed by atoms with van der Waals surface area (Å²) in [5.41, 5.74) is 2.19. The molecule has 3 rings (SSSR count). The van der Waals surface area contributed by atoms with E-state index in [4.69, 9.17) is 9.47 Å². The van der Waals surface area contributed by atoms with Crippen molar-refractivity contribution in [2.45, 2.75) is 45.6 Å². The van der Waals surface area contributed by atoms with Crippen LogP contribution in [0.25, 0.3) is 0 Å². The Morgan fingerprint density at radius 2 is 2.28 bits per heavy atom. The number of anilines is 1. The number of nitrogens with zero attached hydrogens (tertiary/aromatic N) is 2. The number of aryl methyl sites for hydroxylation is 1. The molecule has 7 heteroatoms. The van der Waals surface area contributed by atoms with Gasteiger partial charge in [-0.05, 0) is 42.9 Å². The molecule has 25 heavy (non-hydrogen) atoms. The molecule has 1 atom stereocenters. The lowest BCUT2D eigenvalue weighted by Gasteiger charge is -2.14. The van der Waals surface area contributed by atoms with Crippen LogP contribution in [0.3, 0.4) is 0 Å². The van der Waals surface area contributed by atoms with E-state index in [-0.39, 0.29) is 18.6 Å². The van der Waals surface area contributed by atoms with Crippen LogP contribution in [-0.2, 0) is 9.53 Å². The molecule has 0 radical (unpaired) electrons. The third-order valence-electron chi connectivity index (χ3n) is 4.04. The van der Waals surface area contributed by atoms with Gasteiger partial charge in [0.05, 0.1) is 0 Å². The number of rotatable bonds is 6. The minimum atomic E-state index is -0.244. The molecule has 1 aromatic heterocycles. The third-order valence-corrected chi connectivity index (χ3v) is 4.97. The summed E-state index contributed by atoms with van der Waals surface area (Å²) in [5, 5.41) is 12.2. The lowest BCUT2D eigenvalue weighted by Crippen LogP contribution is -2.20. The smallest absolute Gasteiger partial charge is 0.264 e. The van der Waals surface area contributed by atoms with Gasteiger partial charge in [0.2, 0.25) is 5.13 Å². The van der Waals surface area contributed by atoms with Crippen molar-refractivity contribution in [2.24, 2.45) is 0 Å². The number of carbonyl (C=O) groups is 1. The fraction of sp³-hybridized carbons (Fsp3) is 0.500. The van der Waals surface area contributed by atoms with Gasteiger partial charge in [0.25, 0.3) is 5.91 Å². The monoisotopic (exact) mass is 361 g/mol. The van der Waals surface area contributed by atoms with E-state index in [1.54, 1.807) is 0 Å². The summed E-state index contributed by atoms with van der Waals surface area (Å²) in [6.45, 7) is 6.91. The van der Waals surface area contributed by atoms with Crippen LogP contribution >= 0.6 is 11.3 Å². The summed E-state index contributed by atoms with van der Waals surface area (Å²) in [6, 6.07) is 6.06. The van der Waals surface area contributed by atoms with Crippen molar-refractivity contribution in [3.05, 3.63) is 34.3 Å². The van der Waals surface area contributed by atoms with Crippen LogP contribution < -0.4 is 10.1 Å². The van der Waals surface area contributed by atoms with Crippen molar-refractivity contribution in [2.75, 3.05) is 18.5 Å². The number of amides is 1. The molecule has 0 bridgehead atoms. The Hall–Kier alpha value is -1.99.